The molecule has 5 nitrogen and oxygen atoms in total. The van der Waals surface area contributed by atoms with Gasteiger partial charge in [0.2, 0.25) is 0 Å². The van der Waals surface area contributed by atoms with Crippen molar-refractivity contribution in [2.24, 2.45) is 0 Å². The fourth-order valence-corrected chi connectivity index (χ4v) is 1.34. The number of carboxylic acid groups (broad SMARTS) is 1. The Labute approximate surface area is 112 Å². The monoisotopic (exact) mass is 291 g/mol. The van der Waals surface area contributed by atoms with Crippen LogP contribution in [0.1, 0.15) is 12.0 Å². The number of halogens is 3. The molecular weight excluding hydrogens is 279 g/mol. The van der Waals surface area contributed by atoms with Crippen LogP contribution in [0.4, 0.5) is 18.0 Å². The molecular formula is C12H12F3NO4. The van der Waals surface area contributed by atoms with Crippen LogP contribution in [-0.4, -0.2) is 29.4 Å². The Morgan fingerprint density at radius 1 is 1.25 bits per heavy atom. The van der Waals surface area contributed by atoms with E-state index in [1.165, 1.54) is 0 Å². The van der Waals surface area contributed by atoms with Crippen molar-refractivity contribution >= 4 is 12.1 Å². The van der Waals surface area contributed by atoms with Crippen molar-refractivity contribution in [3.05, 3.63) is 35.9 Å². The molecule has 1 rings (SSSR count). The maximum atomic E-state index is 12.1. The number of alkyl halides is 3. The largest absolute Gasteiger partial charge is 0.480 e. The number of rotatable bonds is 5. The van der Waals surface area contributed by atoms with Crippen molar-refractivity contribution in [1.29, 1.82) is 0 Å². The lowest BCUT2D eigenvalue weighted by atomic mass is 10.2. The molecule has 0 radical (unpaired) electrons. The highest BCUT2D eigenvalue weighted by Crippen LogP contribution is 2.21. The van der Waals surface area contributed by atoms with Crippen LogP contribution in [0.3, 0.4) is 0 Å². The summed E-state index contributed by atoms with van der Waals surface area (Å²) in [6.45, 7) is -0.162. The van der Waals surface area contributed by atoms with Gasteiger partial charge in [-0.1, -0.05) is 30.3 Å². The van der Waals surface area contributed by atoms with Gasteiger partial charge in [-0.3, -0.25) is 0 Å². The number of hydrogen-bond donors (Lipinski definition) is 2. The molecule has 1 amide bonds. The zero-order valence-electron chi connectivity index (χ0n) is 10.2. The minimum absolute atomic E-state index is 0.162. The first-order valence-electron chi connectivity index (χ1n) is 5.54. The molecule has 0 aliphatic rings. The summed E-state index contributed by atoms with van der Waals surface area (Å²) in [5.41, 5.74) is 0.630. The Morgan fingerprint density at radius 3 is 2.35 bits per heavy atom. The maximum absolute atomic E-state index is 12.1. The highest BCUT2D eigenvalue weighted by Gasteiger charge is 2.36. The van der Waals surface area contributed by atoms with Crippen LogP contribution >= 0.6 is 0 Å². The minimum Gasteiger partial charge on any atom is -0.480 e. The third-order valence-corrected chi connectivity index (χ3v) is 2.24. The third kappa shape index (κ3) is 6.07. The highest BCUT2D eigenvalue weighted by atomic mass is 19.4. The molecule has 0 aliphatic heterocycles. The number of carbonyl (C=O) groups excluding carboxylic acids is 1. The third-order valence-electron chi connectivity index (χ3n) is 2.24. The summed E-state index contributed by atoms with van der Waals surface area (Å²) in [5.74, 6) is -1.78. The zero-order chi connectivity index (χ0) is 15.2. The van der Waals surface area contributed by atoms with E-state index in [-0.39, 0.29) is 6.61 Å². The average Bonchev–Trinajstić information content (AvgIpc) is 2.35. The number of hydrogen-bond acceptors (Lipinski definition) is 3. The second-order valence-electron chi connectivity index (χ2n) is 3.92. The van der Waals surface area contributed by atoms with Gasteiger partial charge in [-0.25, -0.2) is 9.59 Å². The summed E-state index contributed by atoms with van der Waals surface area (Å²) in [5, 5.41) is 10.3. The van der Waals surface area contributed by atoms with E-state index in [1.807, 2.05) is 0 Å². The smallest absolute Gasteiger partial charge is 0.408 e. The van der Waals surface area contributed by atoms with Crippen LogP contribution in [0.2, 0.25) is 0 Å². The van der Waals surface area contributed by atoms with Gasteiger partial charge in [0.05, 0.1) is 6.42 Å². The topological polar surface area (TPSA) is 75.6 Å². The van der Waals surface area contributed by atoms with Crippen LogP contribution in [0.15, 0.2) is 30.3 Å². The van der Waals surface area contributed by atoms with Gasteiger partial charge >= 0.3 is 18.2 Å². The van der Waals surface area contributed by atoms with Crippen LogP contribution in [0, 0.1) is 0 Å². The number of ether oxygens (including phenoxy) is 1. The van der Waals surface area contributed by atoms with E-state index in [9.17, 15) is 22.8 Å². The van der Waals surface area contributed by atoms with Crippen molar-refractivity contribution in [2.45, 2.75) is 25.2 Å². The molecule has 20 heavy (non-hydrogen) atoms. The summed E-state index contributed by atoms with van der Waals surface area (Å²) in [7, 11) is 0. The van der Waals surface area contributed by atoms with E-state index in [0.717, 1.165) is 0 Å². The van der Waals surface area contributed by atoms with Gasteiger partial charge in [-0.15, -0.1) is 0 Å². The van der Waals surface area contributed by atoms with Gasteiger partial charge in [0.1, 0.15) is 12.6 Å². The molecule has 1 aromatic rings. The summed E-state index contributed by atoms with van der Waals surface area (Å²) in [6.07, 6.45) is -7.58. The second-order valence-corrected chi connectivity index (χ2v) is 3.92. The van der Waals surface area contributed by atoms with E-state index < -0.39 is 30.7 Å². The fraction of sp³-hybridized carbons (Fsp3) is 0.333. The van der Waals surface area contributed by atoms with E-state index in [0.29, 0.717) is 5.56 Å². The first-order chi connectivity index (χ1) is 9.28. The predicted octanol–water partition coefficient (Wildman–Crippen LogP) is 2.32. The first-order valence-corrected chi connectivity index (χ1v) is 5.54. The lowest BCUT2D eigenvalue weighted by Crippen LogP contribution is -2.43. The van der Waals surface area contributed by atoms with Gasteiger partial charge in [0.25, 0.3) is 0 Å². The number of nitrogens with one attached hydrogen (secondary N) is 1. The van der Waals surface area contributed by atoms with Crippen molar-refractivity contribution in [3.8, 4) is 0 Å². The fourth-order valence-electron chi connectivity index (χ4n) is 1.34. The molecule has 2 N–H and O–H groups in total. The average molecular weight is 291 g/mol. The number of amides is 1. The van der Waals surface area contributed by atoms with Gasteiger partial charge in [0.15, 0.2) is 0 Å². The molecule has 0 saturated carbocycles. The Hall–Kier alpha value is -2.25. The summed E-state index contributed by atoms with van der Waals surface area (Å²) in [4.78, 5) is 21.9. The zero-order valence-corrected chi connectivity index (χ0v) is 10.2. The Kier molecular flexibility index (Phi) is 5.36. The number of carboxylic acids is 1. The number of benzene rings is 1. The SMILES string of the molecule is O=C(N[C@H](CC(F)(F)F)C(=O)O)OCc1ccccc1. The molecule has 0 heterocycles. The van der Waals surface area contributed by atoms with E-state index in [1.54, 1.807) is 35.6 Å². The van der Waals surface area contributed by atoms with E-state index in [2.05, 4.69) is 4.74 Å². The maximum Gasteiger partial charge on any atom is 0.408 e. The molecule has 1 aromatic carbocycles. The summed E-state index contributed by atoms with van der Waals surface area (Å²) >= 11 is 0. The Bertz CT molecular complexity index is 462. The normalized spacial score (nSPS) is 12.6. The lowest BCUT2D eigenvalue weighted by Gasteiger charge is -2.16. The Balaban J connectivity index is 2.48. The molecule has 0 fully saturated rings. The summed E-state index contributed by atoms with van der Waals surface area (Å²) in [6, 6.07) is 6.36. The second kappa shape index (κ2) is 6.78. The Morgan fingerprint density at radius 2 is 1.85 bits per heavy atom. The molecule has 1 atom stereocenters. The summed E-state index contributed by atoms with van der Waals surface area (Å²) < 4.78 is 41.0. The van der Waals surface area contributed by atoms with Crippen molar-refractivity contribution in [1.82, 2.24) is 5.32 Å². The molecule has 0 aliphatic carbocycles. The van der Waals surface area contributed by atoms with Crippen LogP contribution in [0.25, 0.3) is 0 Å². The van der Waals surface area contributed by atoms with Crippen LogP contribution in [-0.2, 0) is 16.1 Å². The van der Waals surface area contributed by atoms with Gasteiger partial charge in [0, 0.05) is 0 Å². The van der Waals surface area contributed by atoms with Crippen LogP contribution in [0.5, 0.6) is 0 Å². The van der Waals surface area contributed by atoms with E-state index >= 15 is 0 Å². The molecule has 0 saturated heterocycles. The molecule has 110 valence electrons. The number of carbonyl (C=O) groups is 2. The van der Waals surface area contributed by atoms with E-state index in [4.69, 9.17) is 5.11 Å². The molecule has 8 heteroatoms. The highest BCUT2D eigenvalue weighted by molar-refractivity contribution is 5.79. The first kappa shape index (κ1) is 15.8. The number of aliphatic carboxylic acids is 1. The van der Waals surface area contributed by atoms with Crippen molar-refractivity contribution in [3.63, 3.8) is 0 Å². The molecule has 0 aromatic heterocycles. The predicted molar refractivity (Wildman–Crippen MR) is 61.9 cm³/mol. The quantitative estimate of drug-likeness (QED) is 0.873. The number of alkyl carbamates (subject to hydrolysis) is 1. The van der Waals surface area contributed by atoms with Gasteiger partial charge in [-0.05, 0) is 5.56 Å². The minimum atomic E-state index is -4.70. The van der Waals surface area contributed by atoms with Gasteiger partial charge in [-0.2, -0.15) is 13.2 Å². The molecule has 0 unspecified atom stereocenters. The van der Waals surface area contributed by atoms with Crippen molar-refractivity contribution < 1.29 is 32.6 Å². The van der Waals surface area contributed by atoms with Gasteiger partial charge < -0.3 is 15.2 Å². The molecule has 0 bridgehead atoms. The van der Waals surface area contributed by atoms with Crippen molar-refractivity contribution in [2.75, 3.05) is 0 Å². The standard InChI is InChI=1S/C12H12F3NO4/c13-12(14,15)6-9(10(17)18)16-11(19)20-7-8-4-2-1-3-5-8/h1-5,9H,6-7H2,(H,16,19)(H,17,18)/t9-/m1/s1. The lowest BCUT2D eigenvalue weighted by molar-refractivity contribution is -0.158. The van der Waals surface area contributed by atoms with Crippen LogP contribution < -0.4 is 5.32 Å². The molecule has 0 spiro atoms.